The smallest absolute Gasteiger partial charge is 0.278 e. The van der Waals surface area contributed by atoms with E-state index < -0.39 is 0 Å². The van der Waals surface area contributed by atoms with Gasteiger partial charge in [0, 0.05) is 12.7 Å². The van der Waals surface area contributed by atoms with Crippen LogP contribution in [0.5, 0.6) is 0 Å². The average molecular weight is 382 g/mol. The Labute approximate surface area is 170 Å². The molecule has 4 heteroatoms. The van der Waals surface area contributed by atoms with E-state index in [2.05, 4.69) is 0 Å². The van der Waals surface area contributed by atoms with Crippen molar-refractivity contribution in [3.05, 3.63) is 107 Å². The number of hydrogen-bond donors (Lipinski definition) is 0. The number of benzene rings is 3. The van der Waals surface area contributed by atoms with E-state index in [1.165, 1.54) is 4.90 Å². The van der Waals surface area contributed by atoms with Crippen molar-refractivity contribution in [2.45, 2.75) is 13.5 Å². The summed E-state index contributed by atoms with van der Waals surface area (Å²) in [5, 5.41) is 0. The van der Waals surface area contributed by atoms with Gasteiger partial charge in [-0.15, -0.1) is 0 Å². The van der Waals surface area contributed by atoms with Crippen LogP contribution in [0.25, 0.3) is 5.57 Å². The second-order valence-electron chi connectivity index (χ2n) is 7.17. The summed E-state index contributed by atoms with van der Waals surface area (Å²) in [6, 6.07) is 26.9. The van der Waals surface area contributed by atoms with Crippen molar-refractivity contribution in [3.8, 4) is 0 Å². The van der Waals surface area contributed by atoms with Crippen LogP contribution in [0.3, 0.4) is 0 Å². The van der Waals surface area contributed by atoms with Gasteiger partial charge in [0.1, 0.15) is 5.70 Å². The van der Waals surface area contributed by atoms with E-state index in [1.807, 2.05) is 98.9 Å². The summed E-state index contributed by atoms with van der Waals surface area (Å²) in [7, 11) is 1.83. The summed E-state index contributed by atoms with van der Waals surface area (Å²) in [5.74, 6) is -0.541. The summed E-state index contributed by atoms with van der Waals surface area (Å²) < 4.78 is 0. The van der Waals surface area contributed by atoms with E-state index in [0.29, 0.717) is 11.3 Å². The van der Waals surface area contributed by atoms with E-state index in [4.69, 9.17) is 0 Å². The van der Waals surface area contributed by atoms with Crippen molar-refractivity contribution >= 4 is 23.1 Å². The van der Waals surface area contributed by atoms with E-state index in [-0.39, 0.29) is 18.4 Å². The summed E-state index contributed by atoms with van der Waals surface area (Å²) in [5.41, 5.74) is 4.51. The highest BCUT2D eigenvalue weighted by Crippen LogP contribution is 2.34. The van der Waals surface area contributed by atoms with E-state index in [1.54, 1.807) is 4.90 Å². The molecule has 0 atom stereocenters. The predicted molar refractivity (Wildman–Crippen MR) is 115 cm³/mol. The van der Waals surface area contributed by atoms with Gasteiger partial charge in [-0.25, -0.2) is 0 Å². The van der Waals surface area contributed by atoms with Gasteiger partial charge in [-0.1, -0.05) is 78.4 Å². The van der Waals surface area contributed by atoms with Crippen LogP contribution < -0.4 is 4.90 Å². The highest BCUT2D eigenvalue weighted by atomic mass is 16.2. The number of amides is 2. The minimum Gasteiger partial charge on any atom is -0.339 e. The van der Waals surface area contributed by atoms with Gasteiger partial charge in [0.2, 0.25) is 0 Å². The second kappa shape index (κ2) is 7.76. The molecule has 0 unspecified atom stereocenters. The standard InChI is InChI=1S/C25H22N2O2/c1-18-13-15-19(16-14-18)17-27-24(28)22(20-9-5-3-6-10-20)23(25(27)29)26(2)21-11-7-4-8-12-21/h3-16H,17H2,1-2H3. The van der Waals surface area contributed by atoms with Crippen LogP contribution in [0, 0.1) is 6.92 Å². The lowest BCUT2D eigenvalue weighted by Gasteiger charge is -2.21. The lowest BCUT2D eigenvalue weighted by Crippen LogP contribution is -2.33. The van der Waals surface area contributed by atoms with Gasteiger partial charge in [-0.05, 0) is 30.2 Å². The van der Waals surface area contributed by atoms with Crippen LogP contribution >= 0.6 is 0 Å². The Hall–Kier alpha value is -3.66. The lowest BCUT2D eigenvalue weighted by atomic mass is 10.0. The molecule has 0 bridgehead atoms. The van der Waals surface area contributed by atoms with E-state index in [0.717, 1.165) is 22.4 Å². The third kappa shape index (κ3) is 3.57. The highest BCUT2D eigenvalue weighted by molar-refractivity contribution is 6.36. The molecule has 0 fully saturated rings. The molecule has 0 radical (unpaired) electrons. The van der Waals surface area contributed by atoms with Crippen molar-refractivity contribution in [2.75, 3.05) is 11.9 Å². The number of hydrogen-bond acceptors (Lipinski definition) is 3. The Morgan fingerprint density at radius 1 is 0.759 bits per heavy atom. The van der Waals surface area contributed by atoms with Crippen LogP contribution in [-0.4, -0.2) is 23.8 Å². The highest BCUT2D eigenvalue weighted by Gasteiger charge is 2.41. The molecule has 0 spiro atoms. The molecule has 4 rings (SSSR count). The molecule has 1 aliphatic rings. The molecule has 0 aliphatic carbocycles. The topological polar surface area (TPSA) is 40.6 Å². The van der Waals surface area contributed by atoms with E-state index >= 15 is 0 Å². The number of rotatable bonds is 5. The SMILES string of the molecule is Cc1ccc(CN2C(=O)C(c3ccccc3)=C(N(C)c3ccccc3)C2=O)cc1. The summed E-state index contributed by atoms with van der Waals surface area (Å²) >= 11 is 0. The maximum atomic E-state index is 13.4. The average Bonchev–Trinajstić information content (AvgIpc) is 3.00. The second-order valence-corrected chi connectivity index (χ2v) is 7.17. The number of anilines is 1. The fraction of sp³-hybridized carbons (Fsp3) is 0.120. The molecule has 0 saturated heterocycles. The molecule has 0 saturated carbocycles. The number of para-hydroxylation sites is 1. The van der Waals surface area contributed by atoms with Crippen molar-refractivity contribution in [2.24, 2.45) is 0 Å². The number of carbonyl (C=O) groups is 2. The first-order valence-corrected chi connectivity index (χ1v) is 9.56. The maximum Gasteiger partial charge on any atom is 0.278 e. The lowest BCUT2D eigenvalue weighted by molar-refractivity contribution is -0.137. The zero-order chi connectivity index (χ0) is 20.4. The molecule has 3 aromatic rings. The Morgan fingerprint density at radius 2 is 1.34 bits per heavy atom. The fourth-order valence-electron chi connectivity index (χ4n) is 3.54. The van der Waals surface area contributed by atoms with Crippen LogP contribution in [0.1, 0.15) is 16.7 Å². The Balaban J connectivity index is 1.77. The van der Waals surface area contributed by atoms with Crippen LogP contribution in [0.2, 0.25) is 0 Å². The minimum atomic E-state index is -0.277. The molecule has 1 heterocycles. The van der Waals surface area contributed by atoms with Gasteiger partial charge in [0.25, 0.3) is 11.8 Å². The maximum absolute atomic E-state index is 13.4. The van der Waals surface area contributed by atoms with Crippen molar-refractivity contribution < 1.29 is 9.59 Å². The third-order valence-corrected chi connectivity index (χ3v) is 5.15. The molecule has 144 valence electrons. The zero-order valence-corrected chi connectivity index (χ0v) is 16.5. The fourth-order valence-corrected chi connectivity index (χ4v) is 3.54. The van der Waals surface area contributed by atoms with Crippen molar-refractivity contribution in [1.29, 1.82) is 0 Å². The Bertz CT molecular complexity index is 1070. The van der Waals surface area contributed by atoms with Crippen LogP contribution in [0.4, 0.5) is 5.69 Å². The van der Waals surface area contributed by atoms with E-state index in [9.17, 15) is 9.59 Å². The Kier molecular flexibility index (Phi) is 5.00. The van der Waals surface area contributed by atoms with Crippen LogP contribution in [0.15, 0.2) is 90.6 Å². The molecule has 0 aromatic heterocycles. The minimum absolute atomic E-state index is 0.250. The number of imide groups is 1. The molecule has 4 nitrogen and oxygen atoms in total. The molecule has 2 amide bonds. The Morgan fingerprint density at radius 3 is 1.97 bits per heavy atom. The first-order chi connectivity index (χ1) is 14.1. The normalized spacial score (nSPS) is 13.9. The van der Waals surface area contributed by atoms with Crippen LogP contribution in [-0.2, 0) is 16.1 Å². The molecule has 3 aromatic carbocycles. The molecule has 29 heavy (non-hydrogen) atoms. The predicted octanol–water partition coefficient (Wildman–Crippen LogP) is 4.41. The first-order valence-electron chi connectivity index (χ1n) is 9.56. The zero-order valence-electron chi connectivity index (χ0n) is 16.5. The van der Waals surface area contributed by atoms with Gasteiger partial charge < -0.3 is 4.90 Å². The number of likely N-dealkylation sites (N-methyl/N-ethyl adjacent to an activating group) is 1. The van der Waals surface area contributed by atoms with Gasteiger partial charge in [0.05, 0.1) is 12.1 Å². The van der Waals surface area contributed by atoms with Gasteiger partial charge >= 0.3 is 0 Å². The third-order valence-electron chi connectivity index (χ3n) is 5.15. The monoisotopic (exact) mass is 382 g/mol. The molecular formula is C25H22N2O2. The van der Waals surface area contributed by atoms with Crippen molar-refractivity contribution in [3.63, 3.8) is 0 Å². The van der Waals surface area contributed by atoms with Gasteiger partial charge in [0.15, 0.2) is 0 Å². The van der Waals surface area contributed by atoms with Gasteiger partial charge in [-0.3, -0.25) is 14.5 Å². The van der Waals surface area contributed by atoms with Gasteiger partial charge in [-0.2, -0.15) is 0 Å². The first kappa shape index (κ1) is 18.7. The summed E-state index contributed by atoms with van der Waals surface area (Å²) in [4.78, 5) is 29.9. The molecular weight excluding hydrogens is 360 g/mol. The number of carbonyl (C=O) groups excluding carboxylic acids is 2. The number of nitrogens with zero attached hydrogens (tertiary/aromatic N) is 2. The summed E-state index contributed by atoms with van der Waals surface area (Å²) in [6.07, 6.45) is 0. The molecule has 0 N–H and O–H groups in total. The number of aryl methyl sites for hydroxylation is 1. The van der Waals surface area contributed by atoms with Crippen molar-refractivity contribution in [1.82, 2.24) is 4.90 Å². The molecule has 1 aliphatic heterocycles. The summed E-state index contributed by atoms with van der Waals surface area (Å²) in [6.45, 7) is 2.26. The quantitative estimate of drug-likeness (QED) is 0.614. The largest absolute Gasteiger partial charge is 0.339 e.